The molecule has 14 heavy (non-hydrogen) atoms. The summed E-state index contributed by atoms with van der Waals surface area (Å²) in [5.74, 6) is 0.643. The third-order valence-corrected chi connectivity index (χ3v) is 2.38. The van der Waals surface area contributed by atoms with Gasteiger partial charge in [0.15, 0.2) is 0 Å². The van der Waals surface area contributed by atoms with E-state index in [2.05, 4.69) is 17.8 Å². The maximum atomic E-state index is 11.2. The van der Waals surface area contributed by atoms with Gasteiger partial charge in [-0.1, -0.05) is 6.92 Å². The highest BCUT2D eigenvalue weighted by atomic mass is 16.6. The second-order valence-electron chi connectivity index (χ2n) is 4.93. The minimum atomic E-state index is -0.434. The second-order valence-corrected chi connectivity index (χ2v) is 4.93. The number of ether oxygens (including phenoxy) is 1. The van der Waals surface area contributed by atoms with E-state index in [0.29, 0.717) is 12.0 Å². The van der Waals surface area contributed by atoms with Crippen molar-refractivity contribution in [1.82, 2.24) is 10.9 Å². The van der Waals surface area contributed by atoms with Gasteiger partial charge in [-0.15, -0.1) is 0 Å². The number of hydrazine groups is 1. The molecular formula is C10H20N2O2. The van der Waals surface area contributed by atoms with Gasteiger partial charge in [0.2, 0.25) is 0 Å². The van der Waals surface area contributed by atoms with Gasteiger partial charge in [0, 0.05) is 6.04 Å². The van der Waals surface area contributed by atoms with Crippen LogP contribution in [0.2, 0.25) is 0 Å². The molecule has 0 bridgehead atoms. The maximum Gasteiger partial charge on any atom is 0.422 e. The summed E-state index contributed by atoms with van der Waals surface area (Å²) in [6.45, 7) is 7.70. The lowest BCUT2D eigenvalue weighted by atomic mass is 9.82. The molecule has 82 valence electrons. The number of hydrogen-bond acceptors (Lipinski definition) is 3. The van der Waals surface area contributed by atoms with Crippen LogP contribution in [-0.2, 0) is 4.74 Å². The van der Waals surface area contributed by atoms with Crippen molar-refractivity contribution < 1.29 is 9.53 Å². The molecule has 4 nitrogen and oxygen atoms in total. The number of rotatable bonds is 2. The van der Waals surface area contributed by atoms with Crippen molar-refractivity contribution in [3.05, 3.63) is 0 Å². The predicted molar refractivity (Wildman–Crippen MR) is 54.7 cm³/mol. The summed E-state index contributed by atoms with van der Waals surface area (Å²) >= 11 is 0. The molecule has 0 spiro atoms. The van der Waals surface area contributed by atoms with E-state index in [1.807, 2.05) is 20.8 Å². The van der Waals surface area contributed by atoms with Gasteiger partial charge in [-0.3, -0.25) is 5.43 Å². The van der Waals surface area contributed by atoms with Crippen molar-refractivity contribution >= 4 is 6.09 Å². The Morgan fingerprint density at radius 2 is 2.00 bits per heavy atom. The Hall–Kier alpha value is -0.770. The van der Waals surface area contributed by atoms with Crippen LogP contribution in [0.3, 0.4) is 0 Å². The highest BCUT2D eigenvalue weighted by Crippen LogP contribution is 2.25. The van der Waals surface area contributed by atoms with Crippen LogP contribution in [0.15, 0.2) is 0 Å². The zero-order valence-corrected chi connectivity index (χ0v) is 9.39. The number of amides is 1. The molecule has 1 fully saturated rings. The Morgan fingerprint density at radius 1 is 1.36 bits per heavy atom. The smallest absolute Gasteiger partial charge is 0.422 e. The molecule has 2 atom stereocenters. The molecule has 0 aliphatic heterocycles. The molecule has 0 aromatic carbocycles. The minimum absolute atomic E-state index is 0.405. The van der Waals surface area contributed by atoms with Crippen LogP contribution >= 0.6 is 0 Å². The van der Waals surface area contributed by atoms with Crippen molar-refractivity contribution in [2.24, 2.45) is 5.92 Å². The summed E-state index contributed by atoms with van der Waals surface area (Å²) in [6, 6.07) is 0.405. The van der Waals surface area contributed by atoms with Crippen LogP contribution in [0.1, 0.15) is 40.5 Å². The quantitative estimate of drug-likeness (QED) is 0.668. The lowest BCUT2D eigenvalue weighted by molar-refractivity contribution is 0.0459. The Bertz CT molecular complexity index is 211. The second kappa shape index (κ2) is 4.17. The molecule has 1 amide bonds. The first-order valence-corrected chi connectivity index (χ1v) is 5.13. The fourth-order valence-electron chi connectivity index (χ4n) is 1.34. The summed E-state index contributed by atoms with van der Waals surface area (Å²) in [5.41, 5.74) is 5.09. The van der Waals surface area contributed by atoms with Crippen molar-refractivity contribution in [2.45, 2.75) is 52.2 Å². The van der Waals surface area contributed by atoms with Crippen molar-refractivity contribution in [3.63, 3.8) is 0 Å². The Morgan fingerprint density at radius 3 is 2.36 bits per heavy atom. The first-order valence-electron chi connectivity index (χ1n) is 5.13. The zero-order chi connectivity index (χ0) is 10.8. The molecule has 0 aromatic heterocycles. The van der Waals surface area contributed by atoms with Gasteiger partial charge in [0.1, 0.15) is 5.60 Å². The topological polar surface area (TPSA) is 50.4 Å². The Labute approximate surface area is 85.4 Å². The number of nitrogens with one attached hydrogen (secondary N) is 2. The van der Waals surface area contributed by atoms with E-state index in [4.69, 9.17) is 4.74 Å². The van der Waals surface area contributed by atoms with Gasteiger partial charge in [-0.25, -0.2) is 10.2 Å². The van der Waals surface area contributed by atoms with Crippen LogP contribution in [-0.4, -0.2) is 17.7 Å². The predicted octanol–water partition coefficient (Wildman–Crippen LogP) is 1.81. The average Bonchev–Trinajstić information content (AvgIpc) is 1.98. The standard InChI is InChI=1S/C10H20N2O2/c1-7-5-6-8(7)11-12-9(13)14-10(2,3)4/h7-8,11H,5-6H2,1-4H3,(H,12,13). The summed E-state index contributed by atoms with van der Waals surface area (Å²) in [7, 11) is 0. The summed E-state index contributed by atoms with van der Waals surface area (Å²) in [5, 5.41) is 0. The van der Waals surface area contributed by atoms with Crippen LogP contribution < -0.4 is 10.9 Å². The van der Waals surface area contributed by atoms with Crippen LogP contribution in [0.4, 0.5) is 4.79 Å². The molecular weight excluding hydrogens is 180 g/mol. The van der Waals surface area contributed by atoms with Crippen LogP contribution in [0.5, 0.6) is 0 Å². The third kappa shape index (κ3) is 3.54. The highest BCUT2D eigenvalue weighted by Gasteiger charge is 2.27. The number of hydrogen-bond donors (Lipinski definition) is 2. The monoisotopic (exact) mass is 200 g/mol. The number of carbonyl (C=O) groups is 1. The largest absolute Gasteiger partial charge is 0.443 e. The molecule has 0 heterocycles. The van der Waals surface area contributed by atoms with Crippen molar-refractivity contribution in [1.29, 1.82) is 0 Å². The highest BCUT2D eigenvalue weighted by molar-refractivity contribution is 5.67. The summed E-state index contributed by atoms with van der Waals surface area (Å²) in [4.78, 5) is 11.2. The van der Waals surface area contributed by atoms with Gasteiger partial charge >= 0.3 is 6.09 Å². The molecule has 1 rings (SSSR count). The van der Waals surface area contributed by atoms with Gasteiger partial charge in [0.05, 0.1) is 0 Å². The number of carbonyl (C=O) groups excluding carboxylic acids is 1. The molecule has 1 aliphatic rings. The van der Waals surface area contributed by atoms with E-state index in [1.165, 1.54) is 6.42 Å². The lowest BCUT2D eigenvalue weighted by Crippen LogP contribution is -2.52. The fraction of sp³-hybridized carbons (Fsp3) is 0.900. The summed E-state index contributed by atoms with van der Waals surface area (Å²) < 4.78 is 5.08. The third-order valence-electron chi connectivity index (χ3n) is 2.38. The lowest BCUT2D eigenvalue weighted by Gasteiger charge is -2.34. The SMILES string of the molecule is CC1CCC1NNC(=O)OC(C)(C)C. The normalized spacial score (nSPS) is 26.6. The van der Waals surface area contributed by atoms with E-state index < -0.39 is 11.7 Å². The summed E-state index contributed by atoms with van der Waals surface area (Å²) in [6.07, 6.45) is 1.95. The Kier molecular flexibility index (Phi) is 3.37. The fourth-order valence-corrected chi connectivity index (χ4v) is 1.34. The van der Waals surface area contributed by atoms with Gasteiger partial charge < -0.3 is 4.74 Å². The Balaban J connectivity index is 2.15. The van der Waals surface area contributed by atoms with E-state index in [9.17, 15) is 4.79 Å². The first kappa shape index (κ1) is 11.3. The maximum absolute atomic E-state index is 11.2. The van der Waals surface area contributed by atoms with Crippen molar-refractivity contribution in [2.75, 3.05) is 0 Å². The van der Waals surface area contributed by atoms with E-state index >= 15 is 0 Å². The van der Waals surface area contributed by atoms with Gasteiger partial charge in [-0.2, -0.15) is 0 Å². The van der Waals surface area contributed by atoms with Gasteiger partial charge in [-0.05, 0) is 39.5 Å². The minimum Gasteiger partial charge on any atom is -0.443 e. The van der Waals surface area contributed by atoms with E-state index in [-0.39, 0.29) is 0 Å². The molecule has 1 saturated carbocycles. The molecule has 4 heteroatoms. The zero-order valence-electron chi connectivity index (χ0n) is 9.39. The molecule has 1 aliphatic carbocycles. The molecule has 0 radical (unpaired) electrons. The van der Waals surface area contributed by atoms with Crippen LogP contribution in [0, 0.1) is 5.92 Å². The van der Waals surface area contributed by atoms with Gasteiger partial charge in [0.25, 0.3) is 0 Å². The molecule has 0 saturated heterocycles. The molecule has 2 N–H and O–H groups in total. The molecule has 2 unspecified atom stereocenters. The van der Waals surface area contributed by atoms with Crippen molar-refractivity contribution in [3.8, 4) is 0 Å². The van der Waals surface area contributed by atoms with Crippen LogP contribution in [0.25, 0.3) is 0 Å². The molecule has 0 aromatic rings. The average molecular weight is 200 g/mol. The first-order chi connectivity index (χ1) is 6.38. The van der Waals surface area contributed by atoms with E-state index in [1.54, 1.807) is 0 Å². The van der Waals surface area contributed by atoms with E-state index in [0.717, 1.165) is 6.42 Å².